The van der Waals surface area contributed by atoms with Crippen LogP contribution in [-0.4, -0.2) is 22.7 Å². The highest BCUT2D eigenvalue weighted by molar-refractivity contribution is 9.10. The predicted octanol–water partition coefficient (Wildman–Crippen LogP) is 1.22. The maximum Gasteiger partial charge on any atom is 0.108 e. The Hall–Kier alpha value is -0.810. The molecule has 1 aromatic heterocycles. The van der Waals surface area contributed by atoms with Gasteiger partial charge >= 0.3 is 0 Å². The maximum absolute atomic E-state index is 8.81. The van der Waals surface area contributed by atoms with Gasteiger partial charge in [-0.2, -0.15) is 0 Å². The number of nitrogens with one attached hydrogen (secondary N) is 1. The molecule has 0 aliphatic rings. The summed E-state index contributed by atoms with van der Waals surface area (Å²) in [7, 11) is 0. The second-order valence-corrected chi connectivity index (χ2v) is 3.63. The summed E-state index contributed by atoms with van der Waals surface area (Å²) in [6.45, 7) is 1.93. The van der Waals surface area contributed by atoms with Crippen LogP contribution in [0.2, 0.25) is 0 Å². The highest BCUT2D eigenvalue weighted by Gasteiger charge is 2.03. The molecule has 0 saturated carbocycles. The first-order valence-electron chi connectivity index (χ1n) is 3.92. The fraction of sp³-hybridized carbons (Fsp3) is 0.375. The van der Waals surface area contributed by atoms with E-state index in [2.05, 4.69) is 26.2 Å². The fourth-order valence-electron chi connectivity index (χ4n) is 0.876. The van der Waals surface area contributed by atoms with Crippen molar-refractivity contribution in [2.75, 3.05) is 17.7 Å². The lowest BCUT2D eigenvalue weighted by Gasteiger charge is -2.13. The lowest BCUT2D eigenvalue weighted by molar-refractivity contribution is 0.281. The van der Waals surface area contributed by atoms with Crippen molar-refractivity contribution in [2.24, 2.45) is 0 Å². The monoisotopic (exact) mass is 245 g/mol. The molecule has 0 aliphatic carbocycles. The van der Waals surface area contributed by atoms with E-state index >= 15 is 0 Å². The molecule has 0 spiro atoms. The number of aromatic nitrogens is 1. The number of hydrogen-bond donors (Lipinski definition) is 3. The number of halogens is 1. The number of pyridine rings is 1. The first-order valence-corrected chi connectivity index (χ1v) is 4.71. The van der Waals surface area contributed by atoms with Crippen LogP contribution in [-0.2, 0) is 0 Å². The second kappa shape index (κ2) is 4.43. The molecule has 0 aliphatic heterocycles. The Bertz CT molecular complexity index is 293. The topological polar surface area (TPSA) is 71.2 Å². The summed E-state index contributed by atoms with van der Waals surface area (Å²) >= 11 is 3.21. The van der Waals surface area contributed by atoms with Gasteiger partial charge in [0.1, 0.15) is 4.60 Å². The Balaban J connectivity index is 2.77. The van der Waals surface area contributed by atoms with E-state index in [4.69, 9.17) is 10.8 Å². The molecule has 1 atom stereocenters. The number of aliphatic hydroxyl groups excluding tert-OH is 1. The van der Waals surface area contributed by atoms with E-state index in [1.807, 2.05) is 6.92 Å². The molecule has 1 rings (SSSR count). The van der Waals surface area contributed by atoms with Gasteiger partial charge in [0.05, 0.1) is 24.2 Å². The summed E-state index contributed by atoms with van der Waals surface area (Å²) in [5.41, 5.74) is 7.06. The predicted molar refractivity (Wildman–Crippen MR) is 56.5 cm³/mol. The van der Waals surface area contributed by atoms with E-state index in [1.165, 1.54) is 0 Å². The van der Waals surface area contributed by atoms with Gasteiger partial charge in [-0.3, -0.25) is 0 Å². The Morgan fingerprint density at radius 2 is 2.46 bits per heavy atom. The zero-order valence-electron chi connectivity index (χ0n) is 7.29. The maximum atomic E-state index is 8.81. The quantitative estimate of drug-likeness (QED) is 0.701. The van der Waals surface area contributed by atoms with Crippen LogP contribution >= 0.6 is 15.9 Å². The summed E-state index contributed by atoms with van der Waals surface area (Å²) in [6, 6.07) is 1.69. The smallest absolute Gasteiger partial charge is 0.108 e. The summed E-state index contributed by atoms with van der Waals surface area (Å²) in [6.07, 6.45) is 1.63. The van der Waals surface area contributed by atoms with Crippen LogP contribution in [0.1, 0.15) is 6.92 Å². The first-order chi connectivity index (χ1) is 6.13. The van der Waals surface area contributed by atoms with Crippen LogP contribution in [0.4, 0.5) is 11.4 Å². The molecule has 0 saturated heterocycles. The van der Waals surface area contributed by atoms with Crippen LogP contribution in [0.5, 0.6) is 0 Å². The Morgan fingerprint density at radius 3 is 3.00 bits per heavy atom. The molecular weight excluding hydrogens is 234 g/mol. The van der Waals surface area contributed by atoms with Crippen LogP contribution in [0.15, 0.2) is 16.9 Å². The van der Waals surface area contributed by atoms with Crippen molar-refractivity contribution in [2.45, 2.75) is 13.0 Å². The van der Waals surface area contributed by atoms with Crippen LogP contribution in [0.3, 0.4) is 0 Å². The molecule has 5 heteroatoms. The Kier molecular flexibility index (Phi) is 3.50. The normalized spacial score (nSPS) is 12.5. The summed E-state index contributed by atoms with van der Waals surface area (Å²) in [5.74, 6) is 0. The van der Waals surface area contributed by atoms with Crippen molar-refractivity contribution < 1.29 is 5.11 Å². The standard InChI is InChI=1S/C8H12BrN3O/c1-5(4-13)12-7-3-11-8(9)2-6(7)10/h2-3,5,12-13H,4H2,1H3,(H2,10,11). The van der Waals surface area contributed by atoms with Crippen molar-refractivity contribution in [3.63, 3.8) is 0 Å². The third-order valence-electron chi connectivity index (χ3n) is 1.58. The van der Waals surface area contributed by atoms with Crippen molar-refractivity contribution in [1.82, 2.24) is 4.98 Å². The van der Waals surface area contributed by atoms with E-state index < -0.39 is 0 Å². The molecule has 1 aromatic rings. The molecule has 0 fully saturated rings. The number of aliphatic hydroxyl groups is 1. The first kappa shape index (κ1) is 10.3. The van der Waals surface area contributed by atoms with Crippen molar-refractivity contribution >= 4 is 27.3 Å². The van der Waals surface area contributed by atoms with Crippen molar-refractivity contribution in [3.8, 4) is 0 Å². The number of rotatable bonds is 3. The molecule has 4 N–H and O–H groups in total. The number of nitrogens with zero attached hydrogens (tertiary/aromatic N) is 1. The molecule has 1 heterocycles. The highest BCUT2D eigenvalue weighted by atomic mass is 79.9. The minimum Gasteiger partial charge on any atom is -0.397 e. The number of hydrogen-bond acceptors (Lipinski definition) is 4. The lowest BCUT2D eigenvalue weighted by Crippen LogP contribution is -2.20. The van der Waals surface area contributed by atoms with Gasteiger partial charge in [0.2, 0.25) is 0 Å². The molecule has 4 nitrogen and oxygen atoms in total. The molecule has 0 radical (unpaired) electrons. The largest absolute Gasteiger partial charge is 0.397 e. The van der Waals surface area contributed by atoms with Crippen LogP contribution in [0, 0.1) is 0 Å². The van der Waals surface area contributed by atoms with E-state index in [-0.39, 0.29) is 12.6 Å². The summed E-state index contributed by atoms with van der Waals surface area (Å²) in [4.78, 5) is 4.02. The van der Waals surface area contributed by atoms with Gasteiger partial charge < -0.3 is 16.2 Å². The van der Waals surface area contributed by atoms with E-state index in [0.717, 1.165) is 5.69 Å². The van der Waals surface area contributed by atoms with Gasteiger partial charge in [0, 0.05) is 6.04 Å². The summed E-state index contributed by atoms with van der Waals surface area (Å²) < 4.78 is 0.701. The minimum atomic E-state index is -0.0229. The molecule has 13 heavy (non-hydrogen) atoms. The van der Waals surface area contributed by atoms with Gasteiger partial charge in [-0.15, -0.1) is 0 Å². The molecule has 0 bridgehead atoms. The number of nitrogen functional groups attached to an aromatic ring is 1. The number of nitrogens with two attached hydrogens (primary N) is 1. The summed E-state index contributed by atoms with van der Waals surface area (Å²) in [5, 5.41) is 11.8. The van der Waals surface area contributed by atoms with Crippen LogP contribution in [0.25, 0.3) is 0 Å². The average Bonchev–Trinajstić information content (AvgIpc) is 2.09. The SMILES string of the molecule is CC(CO)Nc1cnc(Br)cc1N. The van der Waals surface area contributed by atoms with E-state index in [9.17, 15) is 0 Å². The average molecular weight is 246 g/mol. The molecule has 0 aromatic carbocycles. The van der Waals surface area contributed by atoms with Crippen molar-refractivity contribution in [3.05, 3.63) is 16.9 Å². The zero-order valence-corrected chi connectivity index (χ0v) is 8.87. The Morgan fingerprint density at radius 1 is 1.77 bits per heavy atom. The third kappa shape index (κ3) is 2.86. The third-order valence-corrected chi connectivity index (χ3v) is 2.01. The molecule has 1 unspecified atom stereocenters. The van der Waals surface area contributed by atoms with Gasteiger partial charge in [-0.25, -0.2) is 4.98 Å². The molecule has 72 valence electrons. The fourth-order valence-corrected chi connectivity index (χ4v) is 1.22. The van der Waals surface area contributed by atoms with Gasteiger partial charge in [0.25, 0.3) is 0 Å². The zero-order chi connectivity index (χ0) is 9.84. The molecule has 0 amide bonds. The van der Waals surface area contributed by atoms with E-state index in [0.29, 0.717) is 10.3 Å². The van der Waals surface area contributed by atoms with Gasteiger partial charge in [-0.1, -0.05) is 0 Å². The van der Waals surface area contributed by atoms with E-state index in [1.54, 1.807) is 12.3 Å². The Labute approximate surface area is 85.3 Å². The second-order valence-electron chi connectivity index (χ2n) is 2.82. The number of anilines is 2. The van der Waals surface area contributed by atoms with Gasteiger partial charge in [-0.05, 0) is 28.9 Å². The van der Waals surface area contributed by atoms with Crippen molar-refractivity contribution in [1.29, 1.82) is 0 Å². The minimum absolute atomic E-state index is 0.0229. The van der Waals surface area contributed by atoms with Gasteiger partial charge in [0.15, 0.2) is 0 Å². The highest BCUT2D eigenvalue weighted by Crippen LogP contribution is 2.20. The molecular formula is C8H12BrN3O. The van der Waals surface area contributed by atoms with Crippen LogP contribution < -0.4 is 11.1 Å². The lowest BCUT2D eigenvalue weighted by atomic mass is 10.3.